The van der Waals surface area contributed by atoms with Crippen LogP contribution in [0.15, 0.2) is 42.5 Å². The molecule has 100 valence electrons. The Balaban J connectivity index is 2.22. The number of hydrogen-bond donors (Lipinski definition) is 1. The predicted molar refractivity (Wildman–Crippen MR) is 85.9 cm³/mol. The Morgan fingerprint density at radius 2 is 1.79 bits per heavy atom. The van der Waals surface area contributed by atoms with Crippen LogP contribution in [-0.4, -0.2) is 6.61 Å². The summed E-state index contributed by atoms with van der Waals surface area (Å²) in [5.74, 6) is 2.26. The summed E-state index contributed by atoms with van der Waals surface area (Å²) in [5, 5.41) is 0. The molecule has 0 fully saturated rings. The van der Waals surface area contributed by atoms with Gasteiger partial charge in [-0.25, -0.2) is 0 Å². The van der Waals surface area contributed by atoms with E-state index in [1.807, 2.05) is 42.5 Å². The summed E-state index contributed by atoms with van der Waals surface area (Å²) in [6.45, 7) is 2.76. The summed E-state index contributed by atoms with van der Waals surface area (Å²) in [7, 11) is 0. The molecule has 2 rings (SSSR count). The highest BCUT2D eigenvalue weighted by molar-refractivity contribution is 14.1. The lowest BCUT2D eigenvalue weighted by Gasteiger charge is -2.13. The van der Waals surface area contributed by atoms with Gasteiger partial charge in [0.25, 0.3) is 0 Å². The molecule has 2 aromatic carbocycles. The van der Waals surface area contributed by atoms with Crippen molar-refractivity contribution < 1.29 is 9.47 Å². The van der Waals surface area contributed by atoms with Gasteiger partial charge < -0.3 is 15.2 Å². The van der Waals surface area contributed by atoms with Crippen LogP contribution in [0.4, 0.5) is 5.69 Å². The molecule has 0 aliphatic rings. The molecule has 0 heterocycles. The van der Waals surface area contributed by atoms with Crippen molar-refractivity contribution in [1.82, 2.24) is 0 Å². The molecule has 0 bridgehead atoms. The maximum absolute atomic E-state index is 5.90. The van der Waals surface area contributed by atoms with Gasteiger partial charge in [0.1, 0.15) is 5.75 Å². The van der Waals surface area contributed by atoms with Crippen molar-refractivity contribution >= 4 is 28.3 Å². The highest BCUT2D eigenvalue weighted by atomic mass is 127. The fourth-order valence-electron chi connectivity index (χ4n) is 1.58. The zero-order valence-corrected chi connectivity index (χ0v) is 12.9. The minimum absolute atomic E-state index is 0.680. The standard InChI is InChI=1S/C15H16INO2/c1-2-9-18-14-5-3-4-6-15(14)19-13-8-7-11(17)10-12(13)16/h3-8,10H,2,9,17H2,1H3. The van der Waals surface area contributed by atoms with E-state index < -0.39 is 0 Å². The minimum atomic E-state index is 0.680. The number of nitrogens with two attached hydrogens (primary N) is 1. The normalized spacial score (nSPS) is 10.2. The van der Waals surface area contributed by atoms with Crippen LogP contribution in [0, 0.1) is 3.57 Å². The van der Waals surface area contributed by atoms with Crippen LogP contribution in [0.3, 0.4) is 0 Å². The molecular weight excluding hydrogens is 353 g/mol. The first-order valence-electron chi connectivity index (χ1n) is 6.15. The first-order chi connectivity index (χ1) is 9.20. The molecule has 0 unspecified atom stereocenters. The van der Waals surface area contributed by atoms with Gasteiger partial charge in [-0.15, -0.1) is 0 Å². The van der Waals surface area contributed by atoms with E-state index in [1.165, 1.54) is 0 Å². The van der Waals surface area contributed by atoms with E-state index in [2.05, 4.69) is 29.5 Å². The molecule has 0 aliphatic heterocycles. The van der Waals surface area contributed by atoms with Crippen LogP contribution >= 0.6 is 22.6 Å². The average molecular weight is 369 g/mol. The first-order valence-corrected chi connectivity index (χ1v) is 7.23. The van der Waals surface area contributed by atoms with E-state index in [9.17, 15) is 0 Å². The zero-order valence-electron chi connectivity index (χ0n) is 10.7. The van der Waals surface area contributed by atoms with Gasteiger partial charge >= 0.3 is 0 Å². The van der Waals surface area contributed by atoms with Crippen molar-refractivity contribution in [3.05, 3.63) is 46.0 Å². The van der Waals surface area contributed by atoms with E-state index >= 15 is 0 Å². The molecule has 0 aromatic heterocycles. The van der Waals surface area contributed by atoms with Gasteiger partial charge in [-0.2, -0.15) is 0 Å². The number of benzene rings is 2. The molecular formula is C15H16INO2. The third-order valence-corrected chi connectivity index (χ3v) is 3.33. The number of ether oxygens (including phenoxy) is 2. The van der Waals surface area contributed by atoms with Crippen molar-refractivity contribution in [2.75, 3.05) is 12.3 Å². The molecule has 19 heavy (non-hydrogen) atoms. The summed E-state index contributed by atoms with van der Waals surface area (Å²) >= 11 is 2.21. The Hall–Kier alpha value is -1.43. The van der Waals surface area contributed by atoms with Gasteiger partial charge in [0.05, 0.1) is 10.2 Å². The van der Waals surface area contributed by atoms with Gasteiger partial charge in [-0.05, 0) is 59.3 Å². The quantitative estimate of drug-likeness (QED) is 0.626. The monoisotopic (exact) mass is 369 g/mol. The van der Waals surface area contributed by atoms with Crippen LogP contribution < -0.4 is 15.2 Å². The molecule has 0 saturated heterocycles. The van der Waals surface area contributed by atoms with Crippen LogP contribution in [0.2, 0.25) is 0 Å². The molecule has 2 aromatic rings. The van der Waals surface area contributed by atoms with Crippen molar-refractivity contribution in [3.8, 4) is 17.2 Å². The first kappa shape index (κ1) is 14.0. The Morgan fingerprint density at radius 3 is 2.47 bits per heavy atom. The second-order valence-electron chi connectivity index (χ2n) is 4.09. The van der Waals surface area contributed by atoms with Gasteiger partial charge in [-0.3, -0.25) is 0 Å². The average Bonchev–Trinajstić information content (AvgIpc) is 2.41. The highest BCUT2D eigenvalue weighted by Gasteiger charge is 2.08. The van der Waals surface area contributed by atoms with E-state index in [4.69, 9.17) is 15.2 Å². The number of anilines is 1. The molecule has 2 N–H and O–H groups in total. The van der Waals surface area contributed by atoms with Crippen molar-refractivity contribution in [1.29, 1.82) is 0 Å². The number of rotatable bonds is 5. The Morgan fingerprint density at radius 1 is 1.05 bits per heavy atom. The van der Waals surface area contributed by atoms with Gasteiger partial charge in [0.15, 0.2) is 11.5 Å². The zero-order chi connectivity index (χ0) is 13.7. The molecule has 4 heteroatoms. The van der Waals surface area contributed by atoms with E-state index in [0.29, 0.717) is 6.61 Å². The Bertz CT molecular complexity index is 558. The van der Waals surface area contributed by atoms with Crippen molar-refractivity contribution in [2.24, 2.45) is 0 Å². The summed E-state index contributed by atoms with van der Waals surface area (Å²) in [6.07, 6.45) is 0.966. The summed E-state index contributed by atoms with van der Waals surface area (Å²) in [5.41, 5.74) is 6.46. The lowest BCUT2D eigenvalue weighted by molar-refractivity contribution is 0.302. The fourth-order valence-corrected chi connectivity index (χ4v) is 2.23. The Kier molecular flexibility index (Phi) is 4.90. The van der Waals surface area contributed by atoms with Gasteiger partial charge in [-0.1, -0.05) is 19.1 Å². The number of para-hydroxylation sites is 2. The van der Waals surface area contributed by atoms with Crippen LogP contribution in [-0.2, 0) is 0 Å². The maximum Gasteiger partial charge on any atom is 0.169 e. The van der Waals surface area contributed by atoms with Crippen LogP contribution in [0.1, 0.15) is 13.3 Å². The SMILES string of the molecule is CCCOc1ccccc1Oc1ccc(N)cc1I. The van der Waals surface area contributed by atoms with E-state index in [-0.39, 0.29) is 0 Å². The fraction of sp³-hybridized carbons (Fsp3) is 0.200. The third-order valence-electron chi connectivity index (χ3n) is 2.49. The van der Waals surface area contributed by atoms with E-state index in [1.54, 1.807) is 0 Å². The molecule has 0 aliphatic carbocycles. The summed E-state index contributed by atoms with van der Waals surface area (Å²) in [6, 6.07) is 13.3. The van der Waals surface area contributed by atoms with Gasteiger partial charge in [0, 0.05) is 5.69 Å². The lowest BCUT2D eigenvalue weighted by atomic mass is 10.3. The minimum Gasteiger partial charge on any atom is -0.490 e. The molecule has 0 radical (unpaired) electrons. The number of nitrogen functional groups attached to an aromatic ring is 1. The molecule has 3 nitrogen and oxygen atoms in total. The smallest absolute Gasteiger partial charge is 0.169 e. The topological polar surface area (TPSA) is 44.5 Å². The van der Waals surface area contributed by atoms with Crippen LogP contribution in [0.25, 0.3) is 0 Å². The Labute approximate surface area is 126 Å². The summed E-state index contributed by atoms with van der Waals surface area (Å²) in [4.78, 5) is 0. The maximum atomic E-state index is 5.90. The number of hydrogen-bond acceptors (Lipinski definition) is 3. The summed E-state index contributed by atoms with van der Waals surface area (Å²) < 4.78 is 12.5. The van der Waals surface area contributed by atoms with Gasteiger partial charge in [0.2, 0.25) is 0 Å². The second kappa shape index (κ2) is 6.65. The molecule has 0 spiro atoms. The highest BCUT2D eigenvalue weighted by Crippen LogP contribution is 2.34. The molecule has 0 atom stereocenters. The van der Waals surface area contributed by atoms with Crippen molar-refractivity contribution in [2.45, 2.75) is 13.3 Å². The van der Waals surface area contributed by atoms with E-state index in [0.717, 1.165) is 32.9 Å². The molecule has 0 amide bonds. The second-order valence-corrected chi connectivity index (χ2v) is 5.25. The predicted octanol–water partition coefficient (Wildman–Crippen LogP) is 4.45. The largest absolute Gasteiger partial charge is 0.490 e. The number of halogens is 1. The van der Waals surface area contributed by atoms with Crippen molar-refractivity contribution in [3.63, 3.8) is 0 Å². The third kappa shape index (κ3) is 3.76. The lowest BCUT2D eigenvalue weighted by Crippen LogP contribution is -1.98. The van der Waals surface area contributed by atoms with Crippen LogP contribution in [0.5, 0.6) is 17.2 Å². The molecule has 0 saturated carbocycles.